The van der Waals surface area contributed by atoms with E-state index >= 15 is 0 Å². The summed E-state index contributed by atoms with van der Waals surface area (Å²) in [5.74, 6) is -1.09. The molecule has 0 aliphatic carbocycles. The van der Waals surface area contributed by atoms with Crippen molar-refractivity contribution in [2.75, 3.05) is 20.2 Å². The number of benzene rings is 1. The van der Waals surface area contributed by atoms with Crippen LogP contribution in [0.2, 0.25) is 0 Å². The van der Waals surface area contributed by atoms with Gasteiger partial charge in [-0.05, 0) is 31.5 Å². The van der Waals surface area contributed by atoms with Crippen LogP contribution in [0.25, 0.3) is 10.1 Å². The molecule has 4 nitrogen and oxygen atoms in total. The molecule has 0 aliphatic heterocycles. The summed E-state index contributed by atoms with van der Waals surface area (Å²) in [6.45, 7) is 3.78. The molecule has 2 aromatic rings. The van der Waals surface area contributed by atoms with Gasteiger partial charge >= 0.3 is 5.97 Å². The van der Waals surface area contributed by atoms with E-state index in [1.165, 1.54) is 29.4 Å². The van der Waals surface area contributed by atoms with Crippen LogP contribution < -0.4 is 0 Å². The van der Waals surface area contributed by atoms with Gasteiger partial charge in [0.1, 0.15) is 12.4 Å². The zero-order valence-corrected chi connectivity index (χ0v) is 12.9. The second-order valence-electron chi connectivity index (χ2n) is 4.56. The van der Waals surface area contributed by atoms with Crippen molar-refractivity contribution in [2.45, 2.75) is 13.8 Å². The van der Waals surface area contributed by atoms with Gasteiger partial charge in [-0.1, -0.05) is 6.07 Å². The van der Waals surface area contributed by atoms with Gasteiger partial charge in [-0.2, -0.15) is 0 Å². The number of aryl methyl sites for hydroxylation is 1. The van der Waals surface area contributed by atoms with Crippen LogP contribution in [-0.2, 0) is 9.53 Å². The molecule has 1 heterocycles. The number of rotatable bonds is 4. The van der Waals surface area contributed by atoms with Gasteiger partial charge in [0, 0.05) is 16.6 Å². The number of hydrogen-bond donors (Lipinski definition) is 0. The third kappa shape index (κ3) is 2.90. The third-order valence-electron chi connectivity index (χ3n) is 3.31. The Bertz CT molecular complexity index is 696. The van der Waals surface area contributed by atoms with E-state index in [4.69, 9.17) is 0 Å². The van der Waals surface area contributed by atoms with Crippen LogP contribution in [0.1, 0.15) is 22.2 Å². The number of amides is 1. The number of fused-ring (bicyclic) bond motifs is 1. The first-order valence-corrected chi connectivity index (χ1v) is 7.35. The van der Waals surface area contributed by atoms with Crippen molar-refractivity contribution in [3.05, 3.63) is 34.5 Å². The molecule has 1 amide bonds. The Balaban J connectivity index is 2.41. The maximum atomic E-state index is 13.9. The fourth-order valence-corrected chi connectivity index (χ4v) is 3.34. The Morgan fingerprint density at radius 3 is 2.67 bits per heavy atom. The van der Waals surface area contributed by atoms with Crippen molar-refractivity contribution in [1.29, 1.82) is 0 Å². The molecule has 0 N–H and O–H groups in total. The van der Waals surface area contributed by atoms with E-state index < -0.39 is 5.97 Å². The molecule has 0 spiro atoms. The molecular weight excluding hydrogens is 293 g/mol. The number of nitrogens with zero attached hydrogens (tertiary/aromatic N) is 1. The Hall–Kier alpha value is -1.95. The summed E-state index contributed by atoms with van der Waals surface area (Å²) >= 11 is 1.24. The van der Waals surface area contributed by atoms with Crippen LogP contribution in [0.3, 0.4) is 0 Å². The molecule has 112 valence electrons. The minimum Gasteiger partial charge on any atom is -0.468 e. The maximum absolute atomic E-state index is 13.9. The lowest BCUT2D eigenvalue weighted by Crippen LogP contribution is -2.35. The predicted octanol–water partition coefficient (Wildman–Crippen LogP) is 2.98. The minimum atomic E-state index is -0.477. The number of likely N-dealkylation sites (N-methyl/N-ethyl adjacent to an activating group) is 1. The summed E-state index contributed by atoms with van der Waals surface area (Å²) < 4.78 is 19.2. The van der Waals surface area contributed by atoms with Crippen LogP contribution in [0.4, 0.5) is 4.39 Å². The SMILES string of the molecule is CCN(CC(=O)OC)C(=O)c1sc2cccc(F)c2c1C. The molecule has 0 bridgehead atoms. The van der Waals surface area contributed by atoms with E-state index in [0.717, 1.165) is 4.70 Å². The number of halogens is 1. The molecule has 21 heavy (non-hydrogen) atoms. The highest BCUT2D eigenvalue weighted by atomic mass is 32.1. The van der Waals surface area contributed by atoms with Crippen molar-refractivity contribution >= 4 is 33.3 Å². The summed E-state index contributed by atoms with van der Waals surface area (Å²) in [6, 6.07) is 4.78. The van der Waals surface area contributed by atoms with Crippen LogP contribution in [0.15, 0.2) is 18.2 Å². The van der Waals surface area contributed by atoms with Crippen molar-refractivity contribution in [3.63, 3.8) is 0 Å². The van der Waals surface area contributed by atoms with Gasteiger partial charge in [-0.15, -0.1) is 11.3 Å². The summed E-state index contributed by atoms with van der Waals surface area (Å²) in [7, 11) is 1.28. The first-order valence-electron chi connectivity index (χ1n) is 6.53. The Kier molecular flexibility index (Phi) is 4.57. The minimum absolute atomic E-state index is 0.109. The molecule has 2 rings (SSSR count). The van der Waals surface area contributed by atoms with E-state index in [2.05, 4.69) is 4.74 Å². The highest BCUT2D eigenvalue weighted by molar-refractivity contribution is 7.21. The number of carbonyl (C=O) groups is 2. The van der Waals surface area contributed by atoms with E-state index in [0.29, 0.717) is 22.4 Å². The van der Waals surface area contributed by atoms with Gasteiger partial charge in [0.15, 0.2) is 0 Å². The lowest BCUT2D eigenvalue weighted by Gasteiger charge is -2.18. The first kappa shape index (κ1) is 15.4. The normalized spacial score (nSPS) is 10.7. The monoisotopic (exact) mass is 309 g/mol. The van der Waals surface area contributed by atoms with Crippen LogP contribution in [-0.4, -0.2) is 37.0 Å². The van der Waals surface area contributed by atoms with Crippen LogP contribution in [0, 0.1) is 12.7 Å². The second kappa shape index (κ2) is 6.22. The number of methoxy groups -OCH3 is 1. The van der Waals surface area contributed by atoms with Gasteiger partial charge in [-0.3, -0.25) is 9.59 Å². The average Bonchev–Trinajstić information content (AvgIpc) is 2.82. The Morgan fingerprint density at radius 2 is 2.10 bits per heavy atom. The van der Waals surface area contributed by atoms with Crippen molar-refractivity contribution < 1.29 is 18.7 Å². The number of thiophene rings is 1. The number of hydrogen-bond acceptors (Lipinski definition) is 4. The maximum Gasteiger partial charge on any atom is 0.325 e. The number of carbonyl (C=O) groups excluding carboxylic acids is 2. The van der Waals surface area contributed by atoms with Gasteiger partial charge in [-0.25, -0.2) is 4.39 Å². The quantitative estimate of drug-likeness (QED) is 0.816. The highest BCUT2D eigenvalue weighted by Crippen LogP contribution is 2.33. The van der Waals surface area contributed by atoms with E-state index in [1.807, 2.05) is 0 Å². The topological polar surface area (TPSA) is 46.6 Å². The van der Waals surface area contributed by atoms with E-state index in [9.17, 15) is 14.0 Å². The molecule has 0 unspecified atom stereocenters. The third-order valence-corrected chi connectivity index (χ3v) is 4.56. The highest BCUT2D eigenvalue weighted by Gasteiger charge is 2.23. The molecule has 6 heteroatoms. The zero-order valence-electron chi connectivity index (χ0n) is 12.1. The Morgan fingerprint density at radius 1 is 1.38 bits per heavy atom. The lowest BCUT2D eigenvalue weighted by molar-refractivity contribution is -0.141. The molecule has 1 aromatic heterocycles. The molecule has 0 fully saturated rings. The fourth-order valence-electron chi connectivity index (χ4n) is 2.15. The summed E-state index contributed by atoms with van der Waals surface area (Å²) in [6.07, 6.45) is 0. The first-order chi connectivity index (χ1) is 9.99. The zero-order chi connectivity index (χ0) is 15.6. The number of ether oxygens (including phenoxy) is 1. The average molecular weight is 309 g/mol. The smallest absolute Gasteiger partial charge is 0.325 e. The van der Waals surface area contributed by atoms with Crippen LogP contribution >= 0.6 is 11.3 Å². The lowest BCUT2D eigenvalue weighted by atomic mass is 10.1. The molecule has 0 saturated carbocycles. The van der Waals surface area contributed by atoms with E-state index in [1.54, 1.807) is 26.0 Å². The van der Waals surface area contributed by atoms with Crippen molar-refractivity contribution in [3.8, 4) is 0 Å². The Labute approximate surface area is 126 Å². The summed E-state index contributed by atoms with van der Waals surface area (Å²) in [4.78, 5) is 25.7. The largest absolute Gasteiger partial charge is 0.468 e. The van der Waals surface area contributed by atoms with Crippen molar-refractivity contribution in [2.24, 2.45) is 0 Å². The van der Waals surface area contributed by atoms with Gasteiger partial charge in [0.05, 0.1) is 12.0 Å². The summed E-state index contributed by atoms with van der Waals surface area (Å²) in [5, 5.41) is 0.472. The standard InChI is InChI=1S/C15H16FNO3S/c1-4-17(8-12(18)20-3)15(19)14-9(2)13-10(16)6-5-7-11(13)21-14/h5-7H,4,8H2,1-3H3. The van der Waals surface area contributed by atoms with E-state index in [-0.39, 0.29) is 18.3 Å². The molecule has 0 radical (unpaired) electrons. The molecule has 1 aromatic carbocycles. The van der Waals surface area contributed by atoms with Gasteiger partial charge in [0.25, 0.3) is 5.91 Å². The second-order valence-corrected chi connectivity index (χ2v) is 5.62. The predicted molar refractivity (Wildman–Crippen MR) is 80.1 cm³/mol. The fraction of sp³-hybridized carbons (Fsp3) is 0.333. The molecule has 0 saturated heterocycles. The summed E-state index contributed by atoms with van der Waals surface area (Å²) in [5.41, 5.74) is 0.612. The molecule has 0 aliphatic rings. The number of esters is 1. The molecular formula is C15H16FNO3S. The van der Waals surface area contributed by atoms with Crippen molar-refractivity contribution in [1.82, 2.24) is 4.90 Å². The van der Waals surface area contributed by atoms with Gasteiger partial charge in [0.2, 0.25) is 0 Å². The van der Waals surface area contributed by atoms with Gasteiger partial charge < -0.3 is 9.64 Å². The van der Waals surface area contributed by atoms with Crippen LogP contribution in [0.5, 0.6) is 0 Å². The molecule has 0 atom stereocenters.